The van der Waals surface area contributed by atoms with E-state index in [1.54, 1.807) is 0 Å². The number of alkyl carbamates (subject to hydrolysis) is 1. The number of carbonyl (C=O) groups is 1. The molecule has 0 aromatic heterocycles. The number of nitrogens with zero attached hydrogens (tertiary/aromatic N) is 2. The van der Waals surface area contributed by atoms with Crippen LogP contribution in [0.5, 0.6) is 0 Å². The van der Waals surface area contributed by atoms with Crippen LogP contribution in [0.1, 0.15) is 48.0 Å². The van der Waals surface area contributed by atoms with Gasteiger partial charge >= 0.3 is 6.09 Å². The zero-order valence-corrected chi connectivity index (χ0v) is 18.7. The van der Waals surface area contributed by atoms with E-state index in [-0.39, 0.29) is 48.1 Å². The minimum Gasteiger partial charge on any atom is -0.444 e. The van der Waals surface area contributed by atoms with Crippen molar-refractivity contribution in [2.24, 2.45) is 10.4 Å². The van der Waals surface area contributed by atoms with Crippen molar-refractivity contribution < 1.29 is 14.6 Å². The third-order valence-electron chi connectivity index (χ3n) is 3.63. The Hall–Kier alpha value is -0.770. The molecular formula is C17H35IN4O3. The van der Waals surface area contributed by atoms with Crippen LogP contribution in [0.3, 0.4) is 0 Å². The highest BCUT2D eigenvalue weighted by atomic mass is 127. The van der Waals surface area contributed by atoms with Gasteiger partial charge < -0.3 is 25.4 Å². The Morgan fingerprint density at radius 3 is 2.48 bits per heavy atom. The van der Waals surface area contributed by atoms with Crippen molar-refractivity contribution in [2.75, 3.05) is 32.8 Å². The molecule has 0 aromatic carbocycles. The zero-order valence-electron chi connectivity index (χ0n) is 16.4. The molecule has 0 aromatic rings. The number of aliphatic hydroxyl groups excluding tert-OH is 1. The molecule has 1 aliphatic heterocycles. The quantitative estimate of drug-likeness (QED) is 0.326. The van der Waals surface area contributed by atoms with Crippen LogP contribution in [0.25, 0.3) is 0 Å². The monoisotopic (exact) mass is 470 g/mol. The minimum atomic E-state index is -0.491. The van der Waals surface area contributed by atoms with Crippen LogP contribution in [-0.4, -0.2) is 66.5 Å². The molecule has 0 spiro atoms. The van der Waals surface area contributed by atoms with E-state index in [2.05, 4.69) is 20.5 Å². The molecular weight excluding hydrogens is 435 g/mol. The number of likely N-dealkylation sites (tertiary alicyclic amines) is 1. The third kappa shape index (κ3) is 9.48. The van der Waals surface area contributed by atoms with Crippen LogP contribution < -0.4 is 10.6 Å². The Labute approximate surface area is 169 Å². The molecule has 0 unspecified atom stereocenters. The van der Waals surface area contributed by atoms with Crippen LogP contribution in [0.2, 0.25) is 0 Å². The zero-order chi connectivity index (χ0) is 18.4. The largest absolute Gasteiger partial charge is 0.444 e. The number of amides is 1. The van der Waals surface area contributed by atoms with E-state index >= 15 is 0 Å². The summed E-state index contributed by atoms with van der Waals surface area (Å²) in [6.45, 7) is 14.5. The van der Waals surface area contributed by atoms with Crippen LogP contribution in [-0.2, 0) is 4.74 Å². The summed E-state index contributed by atoms with van der Waals surface area (Å²) in [7, 11) is 0. The van der Waals surface area contributed by atoms with Crippen molar-refractivity contribution in [3.8, 4) is 0 Å². The fourth-order valence-corrected chi connectivity index (χ4v) is 2.31. The Bertz CT molecular complexity index is 450. The maximum absolute atomic E-state index is 11.9. The van der Waals surface area contributed by atoms with Crippen molar-refractivity contribution in [1.29, 1.82) is 0 Å². The number of carbonyl (C=O) groups excluding carboxylic acids is 1. The summed E-state index contributed by atoms with van der Waals surface area (Å²) in [6.07, 6.45) is 0.477. The van der Waals surface area contributed by atoms with Gasteiger partial charge in [-0.3, -0.25) is 4.99 Å². The number of hydrogen-bond acceptors (Lipinski definition) is 4. The number of hydrogen-bond donors (Lipinski definition) is 3. The molecule has 1 saturated heterocycles. The van der Waals surface area contributed by atoms with E-state index in [1.807, 2.05) is 41.5 Å². The summed E-state index contributed by atoms with van der Waals surface area (Å²) in [5.74, 6) is 0.826. The van der Waals surface area contributed by atoms with Crippen LogP contribution in [0.15, 0.2) is 4.99 Å². The van der Waals surface area contributed by atoms with Crippen LogP contribution in [0, 0.1) is 5.41 Å². The molecule has 0 aliphatic carbocycles. The summed E-state index contributed by atoms with van der Waals surface area (Å²) in [5, 5.41) is 15.6. The van der Waals surface area contributed by atoms with Gasteiger partial charge in [0.05, 0.1) is 12.6 Å². The number of rotatable bonds is 5. The van der Waals surface area contributed by atoms with Gasteiger partial charge in [-0.2, -0.15) is 0 Å². The molecule has 1 amide bonds. The van der Waals surface area contributed by atoms with Crippen molar-refractivity contribution in [3.05, 3.63) is 0 Å². The molecule has 7 nitrogen and oxygen atoms in total. The number of aliphatic hydroxyl groups is 1. The Kier molecular flexibility index (Phi) is 10.1. The van der Waals surface area contributed by atoms with Gasteiger partial charge in [-0.05, 0) is 34.1 Å². The molecule has 148 valence electrons. The molecule has 3 N–H and O–H groups in total. The molecule has 25 heavy (non-hydrogen) atoms. The predicted octanol–water partition coefficient (Wildman–Crippen LogP) is 2.19. The summed E-state index contributed by atoms with van der Waals surface area (Å²) in [6, 6.07) is 0.0505. The highest BCUT2D eigenvalue weighted by molar-refractivity contribution is 14.0. The lowest BCUT2D eigenvalue weighted by Crippen LogP contribution is -2.44. The highest BCUT2D eigenvalue weighted by Gasteiger charge is 2.28. The average molecular weight is 470 g/mol. The third-order valence-corrected chi connectivity index (χ3v) is 3.63. The second kappa shape index (κ2) is 10.4. The smallest absolute Gasteiger partial charge is 0.407 e. The van der Waals surface area contributed by atoms with Crippen molar-refractivity contribution in [3.63, 3.8) is 0 Å². The van der Waals surface area contributed by atoms with Crippen molar-refractivity contribution in [1.82, 2.24) is 15.5 Å². The van der Waals surface area contributed by atoms with Gasteiger partial charge in [-0.15, -0.1) is 24.0 Å². The van der Waals surface area contributed by atoms with Gasteiger partial charge in [0.1, 0.15) is 5.60 Å². The first-order valence-electron chi connectivity index (χ1n) is 8.70. The van der Waals surface area contributed by atoms with Gasteiger partial charge in [0.25, 0.3) is 0 Å². The SMILES string of the molecule is CCNC(=NCC(C)(C)CO)N1CC[C@@H](NC(=O)OC(C)(C)C)C1.I. The van der Waals surface area contributed by atoms with E-state index < -0.39 is 5.60 Å². The summed E-state index contributed by atoms with van der Waals surface area (Å²) >= 11 is 0. The molecule has 1 aliphatic rings. The molecule has 0 bridgehead atoms. The van der Waals surface area contributed by atoms with Gasteiger partial charge in [-0.25, -0.2) is 4.79 Å². The summed E-state index contributed by atoms with van der Waals surface area (Å²) in [5.41, 5.74) is -0.733. The lowest BCUT2D eigenvalue weighted by atomic mass is 9.95. The second-order valence-electron chi connectivity index (χ2n) is 8.07. The lowest BCUT2D eigenvalue weighted by Gasteiger charge is -2.25. The number of aliphatic imine (C=N–C) groups is 1. The van der Waals surface area contributed by atoms with Gasteiger partial charge in [0, 0.05) is 31.7 Å². The first-order chi connectivity index (χ1) is 11.1. The molecule has 1 atom stereocenters. The van der Waals surface area contributed by atoms with E-state index in [4.69, 9.17) is 4.74 Å². The minimum absolute atomic E-state index is 0. The van der Waals surface area contributed by atoms with E-state index in [0.717, 1.165) is 25.5 Å². The van der Waals surface area contributed by atoms with Gasteiger partial charge in [0.15, 0.2) is 5.96 Å². The molecule has 8 heteroatoms. The molecule has 1 rings (SSSR count). The predicted molar refractivity (Wildman–Crippen MR) is 112 cm³/mol. The highest BCUT2D eigenvalue weighted by Crippen LogP contribution is 2.16. The van der Waals surface area contributed by atoms with E-state index in [9.17, 15) is 9.90 Å². The first kappa shape index (κ1) is 24.2. The van der Waals surface area contributed by atoms with E-state index in [0.29, 0.717) is 13.1 Å². The molecule has 1 fully saturated rings. The van der Waals surface area contributed by atoms with Gasteiger partial charge in [-0.1, -0.05) is 13.8 Å². The normalized spacial score (nSPS) is 18.6. The van der Waals surface area contributed by atoms with Gasteiger partial charge in [0.2, 0.25) is 0 Å². The number of nitrogens with one attached hydrogen (secondary N) is 2. The topological polar surface area (TPSA) is 86.2 Å². The second-order valence-corrected chi connectivity index (χ2v) is 8.07. The summed E-state index contributed by atoms with van der Waals surface area (Å²) in [4.78, 5) is 18.7. The number of ether oxygens (including phenoxy) is 1. The Morgan fingerprint density at radius 1 is 1.32 bits per heavy atom. The molecule has 1 heterocycles. The van der Waals surface area contributed by atoms with Crippen molar-refractivity contribution in [2.45, 2.75) is 59.6 Å². The Morgan fingerprint density at radius 2 is 1.96 bits per heavy atom. The maximum atomic E-state index is 11.9. The Balaban J connectivity index is 0.00000576. The maximum Gasteiger partial charge on any atom is 0.407 e. The molecule has 0 saturated carbocycles. The average Bonchev–Trinajstić information content (AvgIpc) is 2.89. The summed E-state index contributed by atoms with van der Waals surface area (Å²) < 4.78 is 5.31. The fraction of sp³-hybridized carbons (Fsp3) is 0.882. The molecule has 0 radical (unpaired) electrons. The van der Waals surface area contributed by atoms with Crippen LogP contribution in [0.4, 0.5) is 4.79 Å². The van der Waals surface area contributed by atoms with Crippen molar-refractivity contribution >= 4 is 36.0 Å². The number of halogens is 1. The van der Waals surface area contributed by atoms with E-state index in [1.165, 1.54) is 0 Å². The number of guanidine groups is 1. The lowest BCUT2D eigenvalue weighted by molar-refractivity contribution is 0.0507. The van der Waals surface area contributed by atoms with Crippen LogP contribution >= 0.6 is 24.0 Å². The standard InChI is InChI=1S/C17H34N4O3.HI/c1-7-18-14(19-11-17(5,6)12-22)21-9-8-13(10-21)20-15(23)24-16(2,3)4;/h13,22H,7-12H2,1-6H3,(H,18,19)(H,20,23);1H/t13-;/m1./s1. The fourth-order valence-electron chi connectivity index (χ4n) is 2.31. The first-order valence-corrected chi connectivity index (χ1v) is 8.70.